The molecule has 98 valence electrons. The summed E-state index contributed by atoms with van der Waals surface area (Å²) in [6.07, 6.45) is 3.18. The van der Waals surface area contributed by atoms with Gasteiger partial charge in [0.15, 0.2) is 0 Å². The normalized spacial score (nSPS) is 14.0. The van der Waals surface area contributed by atoms with Crippen molar-refractivity contribution in [2.24, 2.45) is 0 Å². The first-order valence-electron chi connectivity index (χ1n) is 6.67. The third-order valence-electron chi connectivity index (χ3n) is 3.18. The van der Waals surface area contributed by atoms with Crippen molar-refractivity contribution in [1.29, 1.82) is 0 Å². The maximum absolute atomic E-state index is 9.96. The molecule has 2 rings (SSSR count). The number of rotatable bonds is 5. The van der Waals surface area contributed by atoms with Gasteiger partial charge in [-0.15, -0.1) is 0 Å². The van der Waals surface area contributed by atoms with E-state index in [1.165, 1.54) is 10.6 Å². The van der Waals surface area contributed by atoms with E-state index in [1.54, 1.807) is 17.8 Å². The number of phenolic OH excluding ortho intramolecular Hbond substituents is 1. The van der Waals surface area contributed by atoms with Crippen LogP contribution in [-0.2, 0) is 6.42 Å². The highest BCUT2D eigenvalue weighted by atomic mass is 32.2. The molecule has 1 heterocycles. The lowest BCUT2D eigenvalue weighted by Crippen LogP contribution is -2.26. The molecule has 18 heavy (non-hydrogen) atoms. The molecule has 0 saturated heterocycles. The first kappa shape index (κ1) is 13.3. The molecule has 1 aliphatic heterocycles. The predicted octanol–water partition coefficient (Wildman–Crippen LogP) is 4.00. The molecule has 1 aromatic carbocycles. The van der Waals surface area contributed by atoms with Gasteiger partial charge in [-0.2, -0.15) is 0 Å². The average Bonchev–Trinajstić information content (AvgIpc) is 2.39. The van der Waals surface area contributed by atoms with Crippen LogP contribution < -0.4 is 0 Å². The second kappa shape index (κ2) is 6.19. The molecular formula is C15H21NOS. The van der Waals surface area contributed by atoms with Crippen LogP contribution >= 0.6 is 11.8 Å². The predicted molar refractivity (Wildman–Crippen MR) is 77.9 cm³/mol. The molecule has 0 atom stereocenters. The molecule has 0 spiro atoms. The number of nitrogens with zero attached hydrogens (tertiary/aromatic N) is 1. The highest BCUT2D eigenvalue weighted by Crippen LogP contribution is 2.37. The number of phenols is 1. The fraction of sp³-hybridized carbons (Fsp3) is 0.467. The third kappa shape index (κ3) is 2.83. The zero-order valence-corrected chi connectivity index (χ0v) is 12.0. The van der Waals surface area contributed by atoms with Crippen LogP contribution in [-0.4, -0.2) is 23.1 Å². The van der Waals surface area contributed by atoms with Crippen LogP contribution in [0.2, 0.25) is 0 Å². The van der Waals surface area contributed by atoms with Crippen molar-refractivity contribution >= 4 is 11.8 Å². The monoisotopic (exact) mass is 263 g/mol. The Morgan fingerprint density at radius 2 is 1.94 bits per heavy atom. The van der Waals surface area contributed by atoms with Gasteiger partial charge in [-0.05, 0) is 30.4 Å². The highest BCUT2D eigenvalue weighted by molar-refractivity contribution is 8.02. The lowest BCUT2D eigenvalue weighted by atomic mass is 10.1. The lowest BCUT2D eigenvalue weighted by Gasteiger charge is -2.29. The molecule has 0 fully saturated rings. The molecule has 0 radical (unpaired) electrons. The maximum Gasteiger partial charge on any atom is 0.120 e. The van der Waals surface area contributed by atoms with Crippen molar-refractivity contribution in [2.45, 2.75) is 38.0 Å². The quantitative estimate of drug-likeness (QED) is 0.868. The lowest BCUT2D eigenvalue weighted by molar-refractivity contribution is 0.336. The van der Waals surface area contributed by atoms with E-state index in [0.717, 1.165) is 37.9 Å². The Morgan fingerprint density at radius 1 is 1.22 bits per heavy atom. The molecule has 0 aromatic heterocycles. The SMILES string of the molecule is CCCN(CCC)C1=CSc2cccc(O)c2C1. The van der Waals surface area contributed by atoms with Gasteiger partial charge < -0.3 is 10.0 Å². The van der Waals surface area contributed by atoms with Crippen molar-refractivity contribution in [3.05, 3.63) is 34.9 Å². The van der Waals surface area contributed by atoms with Crippen LogP contribution in [0.4, 0.5) is 0 Å². The maximum atomic E-state index is 9.96. The minimum absolute atomic E-state index is 0.429. The number of fused-ring (bicyclic) bond motifs is 1. The van der Waals surface area contributed by atoms with Crippen LogP contribution in [0, 0.1) is 0 Å². The second-order valence-electron chi connectivity index (χ2n) is 4.64. The number of allylic oxidation sites excluding steroid dienone is 1. The van der Waals surface area contributed by atoms with Crippen molar-refractivity contribution in [2.75, 3.05) is 13.1 Å². The van der Waals surface area contributed by atoms with E-state index >= 15 is 0 Å². The number of benzene rings is 1. The van der Waals surface area contributed by atoms with Crippen LogP contribution in [0.15, 0.2) is 34.2 Å². The minimum atomic E-state index is 0.429. The fourth-order valence-electron chi connectivity index (χ4n) is 2.32. The smallest absolute Gasteiger partial charge is 0.120 e. The van der Waals surface area contributed by atoms with Crippen LogP contribution in [0.25, 0.3) is 0 Å². The van der Waals surface area contributed by atoms with E-state index < -0.39 is 0 Å². The zero-order valence-electron chi connectivity index (χ0n) is 11.1. The van der Waals surface area contributed by atoms with Gasteiger partial charge in [-0.1, -0.05) is 31.7 Å². The topological polar surface area (TPSA) is 23.5 Å². The molecule has 0 unspecified atom stereocenters. The van der Waals surface area contributed by atoms with Gasteiger partial charge >= 0.3 is 0 Å². The molecule has 1 aliphatic rings. The summed E-state index contributed by atoms with van der Waals surface area (Å²) < 4.78 is 0. The molecule has 2 nitrogen and oxygen atoms in total. The van der Waals surface area contributed by atoms with Gasteiger partial charge in [0, 0.05) is 35.7 Å². The van der Waals surface area contributed by atoms with Crippen LogP contribution in [0.1, 0.15) is 32.3 Å². The first-order chi connectivity index (χ1) is 8.76. The Bertz CT molecular complexity index is 436. The van der Waals surface area contributed by atoms with Crippen molar-refractivity contribution < 1.29 is 5.11 Å². The summed E-state index contributed by atoms with van der Waals surface area (Å²) in [5.41, 5.74) is 2.43. The average molecular weight is 263 g/mol. The van der Waals surface area contributed by atoms with Crippen molar-refractivity contribution in [1.82, 2.24) is 4.90 Å². The van der Waals surface area contributed by atoms with E-state index in [0.29, 0.717) is 5.75 Å². The van der Waals surface area contributed by atoms with E-state index in [2.05, 4.69) is 30.2 Å². The van der Waals surface area contributed by atoms with Crippen molar-refractivity contribution in [3.8, 4) is 5.75 Å². The number of hydrogen-bond acceptors (Lipinski definition) is 3. The summed E-state index contributed by atoms with van der Waals surface area (Å²) in [6.45, 7) is 6.63. The highest BCUT2D eigenvalue weighted by Gasteiger charge is 2.18. The summed E-state index contributed by atoms with van der Waals surface area (Å²) >= 11 is 1.73. The molecule has 3 heteroatoms. The van der Waals surface area contributed by atoms with Crippen molar-refractivity contribution in [3.63, 3.8) is 0 Å². The molecule has 0 bridgehead atoms. The molecule has 0 aliphatic carbocycles. The zero-order chi connectivity index (χ0) is 13.0. The Balaban J connectivity index is 2.18. The van der Waals surface area contributed by atoms with E-state index in [1.807, 2.05) is 6.07 Å². The number of thioether (sulfide) groups is 1. The largest absolute Gasteiger partial charge is 0.508 e. The molecule has 0 saturated carbocycles. The standard InChI is InChI=1S/C15H21NOS/c1-3-8-16(9-4-2)12-10-13-14(17)6-5-7-15(13)18-11-12/h5-7,11,17H,3-4,8-10H2,1-2H3. The molecule has 1 N–H and O–H groups in total. The third-order valence-corrected chi connectivity index (χ3v) is 4.21. The first-order valence-corrected chi connectivity index (χ1v) is 7.55. The van der Waals surface area contributed by atoms with Gasteiger partial charge in [0.25, 0.3) is 0 Å². The molecule has 0 amide bonds. The summed E-state index contributed by atoms with van der Waals surface area (Å²) in [4.78, 5) is 3.63. The van der Waals surface area contributed by atoms with Gasteiger partial charge in [0.2, 0.25) is 0 Å². The Morgan fingerprint density at radius 3 is 2.61 bits per heavy atom. The van der Waals surface area contributed by atoms with E-state index in [4.69, 9.17) is 0 Å². The van der Waals surface area contributed by atoms with Crippen LogP contribution in [0.3, 0.4) is 0 Å². The van der Waals surface area contributed by atoms with Gasteiger partial charge in [0.05, 0.1) is 0 Å². The van der Waals surface area contributed by atoms with Gasteiger partial charge in [-0.25, -0.2) is 0 Å². The summed E-state index contributed by atoms with van der Waals surface area (Å²) in [6, 6.07) is 5.78. The Kier molecular flexibility index (Phi) is 4.59. The number of aromatic hydroxyl groups is 1. The summed E-state index contributed by atoms with van der Waals surface area (Å²) in [5.74, 6) is 0.429. The number of hydrogen-bond donors (Lipinski definition) is 1. The summed E-state index contributed by atoms with van der Waals surface area (Å²) in [5, 5.41) is 12.2. The van der Waals surface area contributed by atoms with Gasteiger partial charge in [0.1, 0.15) is 5.75 Å². The summed E-state index contributed by atoms with van der Waals surface area (Å²) in [7, 11) is 0. The van der Waals surface area contributed by atoms with E-state index in [-0.39, 0.29) is 0 Å². The van der Waals surface area contributed by atoms with Gasteiger partial charge in [-0.3, -0.25) is 0 Å². The fourth-order valence-corrected chi connectivity index (χ4v) is 3.29. The minimum Gasteiger partial charge on any atom is -0.508 e. The molecular weight excluding hydrogens is 242 g/mol. The Labute approximate surface area is 114 Å². The van der Waals surface area contributed by atoms with Crippen LogP contribution in [0.5, 0.6) is 5.75 Å². The molecule has 1 aromatic rings. The second-order valence-corrected chi connectivity index (χ2v) is 5.56. The van der Waals surface area contributed by atoms with E-state index in [9.17, 15) is 5.11 Å². The Hall–Kier alpha value is -1.09.